The number of methoxy groups -OCH3 is 1. The van der Waals surface area contributed by atoms with Crippen molar-refractivity contribution in [3.8, 4) is 0 Å². The first-order chi connectivity index (χ1) is 8.55. The highest BCUT2D eigenvalue weighted by Crippen LogP contribution is 2.33. The Hall–Kier alpha value is -1.44. The molecule has 1 heterocycles. The van der Waals surface area contributed by atoms with Crippen molar-refractivity contribution < 1.29 is 27.2 Å². The summed E-state index contributed by atoms with van der Waals surface area (Å²) in [6, 6.07) is 0. The van der Waals surface area contributed by atoms with Gasteiger partial charge in [-0.2, -0.15) is 18.2 Å². The molecule has 0 fully saturated rings. The Bertz CT molecular complexity index is 449. The van der Waals surface area contributed by atoms with Crippen LogP contribution >= 0.6 is 0 Å². The van der Waals surface area contributed by atoms with Crippen molar-refractivity contribution in [3.63, 3.8) is 0 Å². The summed E-state index contributed by atoms with van der Waals surface area (Å²) >= 11 is 0. The lowest BCUT2D eigenvalue weighted by atomic mass is 9.88. The molecular formula is C11H15F3N2O3. The first kappa shape index (κ1) is 15.6. The average molecular weight is 280 g/mol. The van der Waals surface area contributed by atoms with Gasteiger partial charge in [-0.05, 0) is 5.41 Å². The van der Waals surface area contributed by atoms with Gasteiger partial charge in [0.2, 0.25) is 17.5 Å². The third-order valence-electron chi connectivity index (χ3n) is 2.37. The maximum atomic E-state index is 12.1. The van der Waals surface area contributed by atoms with Crippen molar-refractivity contribution >= 4 is 5.78 Å². The lowest BCUT2D eigenvalue weighted by Gasteiger charge is -2.26. The van der Waals surface area contributed by atoms with E-state index in [0.29, 0.717) is 0 Å². The Morgan fingerprint density at radius 2 is 1.95 bits per heavy atom. The third kappa shape index (κ3) is 4.02. The number of aromatic nitrogens is 2. The van der Waals surface area contributed by atoms with E-state index in [1.54, 1.807) is 0 Å². The summed E-state index contributed by atoms with van der Waals surface area (Å²) in [5, 5.41) is 3.56. The molecule has 0 amide bonds. The van der Waals surface area contributed by atoms with E-state index in [0.717, 1.165) is 0 Å². The zero-order valence-electron chi connectivity index (χ0n) is 11.0. The van der Waals surface area contributed by atoms with Crippen LogP contribution in [0.3, 0.4) is 0 Å². The van der Waals surface area contributed by atoms with Gasteiger partial charge in [0.1, 0.15) is 6.10 Å². The first-order valence-corrected chi connectivity index (χ1v) is 5.51. The van der Waals surface area contributed by atoms with Crippen LogP contribution in [-0.4, -0.2) is 29.2 Å². The van der Waals surface area contributed by atoms with Gasteiger partial charge >= 0.3 is 6.18 Å². The minimum Gasteiger partial charge on any atom is -0.373 e. The fraction of sp³-hybridized carbons (Fsp3) is 0.727. The molecule has 108 valence electrons. The predicted molar refractivity (Wildman–Crippen MR) is 58.3 cm³/mol. The van der Waals surface area contributed by atoms with Crippen LogP contribution in [0.4, 0.5) is 13.2 Å². The fourth-order valence-corrected chi connectivity index (χ4v) is 1.53. The van der Waals surface area contributed by atoms with E-state index in [1.807, 2.05) is 20.8 Å². The molecule has 0 radical (unpaired) electrons. The van der Waals surface area contributed by atoms with Crippen LogP contribution < -0.4 is 0 Å². The van der Waals surface area contributed by atoms with E-state index < -0.39 is 24.5 Å². The Kier molecular flexibility index (Phi) is 4.34. The number of Topliss-reactive ketones (excluding diaryl/α,β-unsaturated/α-hetero) is 1. The van der Waals surface area contributed by atoms with Crippen molar-refractivity contribution in [2.45, 2.75) is 39.5 Å². The van der Waals surface area contributed by atoms with Crippen LogP contribution in [0.2, 0.25) is 0 Å². The number of carbonyl (C=O) groups is 1. The maximum absolute atomic E-state index is 12.1. The summed E-state index contributed by atoms with van der Waals surface area (Å²) in [7, 11) is 1.44. The minimum absolute atomic E-state index is 0.125. The van der Waals surface area contributed by atoms with Crippen molar-refractivity contribution in [3.05, 3.63) is 11.7 Å². The maximum Gasteiger partial charge on any atom is 0.450 e. The summed E-state index contributed by atoms with van der Waals surface area (Å²) in [6.45, 7) is 5.58. The molecule has 1 atom stereocenters. The fourth-order valence-electron chi connectivity index (χ4n) is 1.53. The number of halogens is 3. The molecule has 0 saturated carbocycles. The number of alkyl halides is 3. The smallest absolute Gasteiger partial charge is 0.373 e. The van der Waals surface area contributed by atoms with Crippen LogP contribution in [-0.2, 0) is 16.0 Å². The van der Waals surface area contributed by atoms with Crippen molar-refractivity contribution in [1.29, 1.82) is 0 Å². The van der Waals surface area contributed by atoms with Crippen LogP contribution in [0.15, 0.2) is 4.52 Å². The molecule has 19 heavy (non-hydrogen) atoms. The summed E-state index contributed by atoms with van der Waals surface area (Å²) < 4.78 is 46.1. The number of nitrogens with zero attached hydrogens (tertiary/aromatic N) is 2. The SMILES string of the molecule is COC(c1noc(CC(=O)C(F)(F)F)n1)C(C)(C)C. The molecular weight excluding hydrogens is 265 g/mol. The van der Waals surface area contributed by atoms with E-state index in [1.165, 1.54) is 7.11 Å². The third-order valence-corrected chi connectivity index (χ3v) is 2.37. The zero-order chi connectivity index (χ0) is 14.8. The molecule has 0 aliphatic carbocycles. The van der Waals surface area contributed by atoms with E-state index in [9.17, 15) is 18.0 Å². The number of rotatable bonds is 4. The van der Waals surface area contributed by atoms with Gasteiger partial charge in [-0.1, -0.05) is 25.9 Å². The van der Waals surface area contributed by atoms with Gasteiger partial charge in [0.15, 0.2) is 0 Å². The van der Waals surface area contributed by atoms with Gasteiger partial charge in [-0.3, -0.25) is 4.79 Å². The lowest BCUT2D eigenvalue weighted by molar-refractivity contribution is -0.170. The largest absolute Gasteiger partial charge is 0.450 e. The van der Waals surface area contributed by atoms with Crippen LogP contribution in [0.1, 0.15) is 38.6 Å². The average Bonchev–Trinajstić information content (AvgIpc) is 2.63. The molecule has 0 aliphatic heterocycles. The van der Waals surface area contributed by atoms with Gasteiger partial charge in [0, 0.05) is 7.11 Å². The monoisotopic (exact) mass is 280 g/mol. The van der Waals surface area contributed by atoms with Crippen LogP contribution in [0.25, 0.3) is 0 Å². The minimum atomic E-state index is -4.90. The highest BCUT2D eigenvalue weighted by atomic mass is 19.4. The molecule has 1 unspecified atom stereocenters. The number of hydrogen-bond acceptors (Lipinski definition) is 5. The Balaban J connectivity index is 2.86. The van der Waals surface area contributed by atoms with Crippen molar-refractivity contribution in [2.24, 2.45) is 5.41 Å². The topological polar surface area (TPSA) is 65.2 Å². The second-order valence-corrected chi connectivity index (χ2v) is 5.13. The number of hydrogen-bond donors (Lipinski definition) is 0. The highest BCUT2D eigenvalue weighted by molar-refractivity contribution is 5.85. The highest BCUT2D eigenvalue weighted by Gasteiger charge is 2.39. The van der Waals surface area contributed by atoms with E-state index in [4.69, 9.17) is 4.74 Å². The molecule has 1 rings (SSSR count). The molecule has 1 aromatic rings. The molecule has 0 N–H and O–H groups in total. The van der Waals surface area contributed by atoms with Crippen molar-refractivity contribution in [1.82, 2.24) is 10.1 Å². The number of carbonyl (C=O) groups excluding carboxylic acids is 1. The molecule has 8 heteroatoms. The lowest BCUT2D eigenvalue weighted by Crippen LogP contribution is -2.25. The van der Waals surface area contributed by atoms with Gasteiger partial charge in [0.25, 0.3) is 0 Å². The quantitative estimate of drug-likeness (QED) is 0.847. The Morgan fingerprint density at radius 3 is 2.37 bits per heavy atom. The summed E-state index contributed by atoms with van der Waals surface area (Å²) in [4.78, 5) is 14.6. The second-order valence-electron chi connectivity index (χ2n) is 5.13. The molecule has 1 aromatic heterocycles. The van der Waals surface area contributed by atoms with Crippen LogP contribution in [0.5, 0.6) is 0 Å². The Labute approximate surface area is 108 Å². The molecule has 0 saturated heterocycles. The molecule has 0 aliphatic rings. The zero-order valence-corrected chi connectivity index (χ0v) is 11.0. The van der Waals surface area contributed by atoms with Crippen LogP contribution in [0, 0.1) is 5.41 Å². The van der Waals surface area contributed by atoms with Gasteiger partial charge in [-0.15, -0.1) is 0 Å². The summed E-state index contributed by atoms with van der Waals surface area (Å²) in [5.74, 6) is -2.17. The Morgan fingerprint density at radius 1 is 1.37 bits per heavy atom. The second kappa shape index (κ2) is 5.28. The standard InChI is InChI=1S/C11H15F3N2O3/c1-10(2,3)8(18-4)9-15-7(19-16-9)5-6(17)11(12,13)14/h8H,5H2,1-4H3. The van der Waals surface area contributed by atoms with Crippen molar-refractivity contribution in [2.75, 3.05) is 7.11 Å². The molecule has 0 bridgehead atoms. The summed E-state index contributed by atoms with van der Waals surface area (Å²) in [5.41, 5.74) is -0.357. The first-order valence-electron chi connectivity index (χ1n) is 5.51. The molecule has 0 spiro atoms. The van der Waals surface area contributed by atoms with E-state index >= 15 is 0 Å². The molecule has 0 aromatic carbocycles. The van der Waals surface area contributed by atoms with Gasteiger partial charge < -0.3 is 9.26 Å². The number of ether oxygens (including phenoxy) is 1. The summed E-state index contributed by atoms with van der Waals surface area (Å²) in [6.07, 6.45) is -6.40. The normalized spacial score (nSPS) is 14.5. The van der Waals surface area contributed by atoms with Gasteiger partial charge in [-0.25, -0.2) is 0 Å². The van der Waals surface area contributed by atoms with E-state index in [2.05, 4.69) is 14.7 Å². The number of ketones is 1. The molecule has 5 nitrogen and oxygen atoms in total. The van der Waals surface area contributed by atoms with E-state index in [-0.39, 0.29) is 17.1 Å². The predicted octanol–water partition coefficient (Wildman–Crippen LogP) is 2.48. The van der Waals surface area contributed by atoms with Gasteiger partial charge in [0.05, 0.1) is 6.42 Å².